The van der Waals surface area contributed by atoms with Gasteiger partial charge in [-0.05, 0) is 26.3 Å². The number of carbonyl (C=O) groups is 2. The lowest BCUT2D eigenvalue weighted by molar-refractivity contribution is -0.153. The molecule has 4 aliphatic rings. The average Bonchev–Trinajstić information content (AvgIpc) is 2.16. The molecule has 3 nitrogen and oxygen atoms in total. The van der Waals surface area contributed by atoms with Gasteiger partial charge in [-0.3, -0.25) is 9.59 Å². The third-order valence-electron chi connectivity index (χ3n) is 4.38. The van der Waals surface area contributed by atoms with Crippen molar-refractivity contribution in [1.29, 1.82) is 0 Å². The molecule has 4 rings (SSSR count). The Balaban J connectivity index is 2.00. The Kier molecular flexibility index (Phi) is 1.63. The van der Waals surface area contributed by atoms with Gasteiger partial charge in [0.1, 0.15) is 11.6 Å². The normalized spacial score (nSPS) is 50.2. The predicted molar refractivity (Wildman–Crippen MR) is 50.7 cm³/mol. The maximum Gasteiger partial charge on any atom is 0.140 e. The van der Waals surface area contributed by atoms with E-state index in [-0.39, 0.29) is 29.7 Å². The van der Waals surface area contributed by atoms with Crippen molar-refractivity contribution >= 4 is 11.6 Å². The molecule has 76 valence electrons. The summed E-state index contributed by atoms with van der Waals surface area (Å²) in [5, 5.41) is 3.17. The van der Waals surface area contributed by atoms with Gasteiger partial charge in [0.2, 0.25) is 0 Å². The van der Waals surface area contributed by atoms with Gasteiger partial charge >= 0.3 is 0 Å². The second-order valence-corrected chi connectivity index (χ2v) is 4.93. The van der Waals surface area contributed by atoms with Crippen LogP contribution >= 0.6 is 0 Å². The highest BCUT2D eigenvalue weighted by molar-refractivity contribution is 5.96. The summed E-state index contributed by atoms with van der Waals surface area (Å²) in [6.45, 7) is 0. The third kappa shape index (κ3) is 0.862. The standard InChI is InChI=1S/C11H15NO2/c1-12-9-7-3-5-2-6(11(7)14)4-8(9)10(5)13/h5-9,12H,2-4H2,1H3/t5-,6-,7+,8+/m0/s1. The molecule has 4 atom stereocenters. The minimum Gasteiger partial charge on any atom is -0.316 e. The van der Waals surface area contributed by atoms with Crippen molar-refractivity contribution in [2.45, 2.75) is 25.3 Å². The smallest absolute Gasteiger partial charge is 0.140 e. The Morgan fingerprint density at radius 3 is 1.93 bits per heavy atom. The van der Waals surface area contributed by atoms with Gasteiger partial charge in [0.15, 0.2) is 0 Å². The zero-order valence-corrected chi connectivity index (χ0v) is 8.32. The first-order chi connectivity index (χ1) is 6.72. The van der Waals surface area contributed by atoms with Crippen LogP contribution in [0.1, 0.15) is 19.3 Å². The Morgan fingerprint density at radius 2 is 1.50 bits per heavy atom. The maximum absolute atomic E-state index is 11.9. The van der Waals surface area contributed by atoms with Crippen LogP contribution in [-0.4, -0.2) is 24.7 Å². The van der Waals surface area contributed by atoms with Crippen LogP contribution in [0.3, 0.4) is 0 Å². The van der Waals surface area contributed by atoms with Crippen molar-refractivity contribution < 1.29 is 9.59 Å². The van der Waals surface area contributed by atoms with Crippen molar-refractivity contribution in [3.05, 3.63) is 0 Å². The molecule has 1 N–H and O–H groups in total. The Labute approximate surface area is 83.2 Å². The highest BCUT2D eigenvalue weighted by Crippen LogP contribution is 2.49. The topological polar surface area (TPSA) is 46.2 Å². The first-order valence-corrected chi connectivity index (χ1v) is 5.47. The second-order valence-electron chi connectivity index (χ2n) is 4.93. The first-order valence-electron chi connectivity index (χ1n) is 5.47. The lowest BCUT2D eigenvalue weighted by atomic mass is 9.53. The summed E-state index contributed by atoms with van der Waals surface area (Å²) in [7, 11) is 1.87. The zero-order chi connectivity index (χ0) is 9.87. The summed E-state index contributed by atoms with van der Waals surface area (Å²) in [4.78, 5) is 23.8. The fraction of sp³-hybridized carbons (Fsp3) is 0.818. The summed E-state index contributed by atoms with van der Waals surface area (Å²) in [6.07, 6.45) is 2.48. The van der Waals surface area contributed by atoms with E-state index in [0.717, 1.165) is 19.3 Å². The minimum atomic E-state index is 0.139. The summed E-state index contributed by atoms with van der Waals surface area (Å²) >= 11 is 0. The van der Waals surface area contributed by atoms with Gasteiger partial charge < -0.3 is 5.32 Å². The molecule has 0 saturated heterocycles. The van der Waals surface area contributed by atoms with E-state index in [0.29, 0.717) is 11.6 Å². The molecule has 0 amide bonds. The van der Waals surface area contributed by atoms with Gasteiger partial charge in [-0.2, -0.15) is 0 Å². The molecule has 3 heteroatoms. The minimum absolute atomic E-state index is 0.139. The molecule has 4 fully saturated rings. The lowest BCUT2D eigenvalue weighted by Gasteiger charge is -2.51. The molecule has 0 aromatic rings. The van der Waals surface area contributed by atoms with Gasteiger partial charge in [0.25, 0.3) is 0 Å². The monoisotopic (exact) mass is 193 g/mol. The average molecular weight is 193 g/mol. The first kappa shape index (κ1) is 8.60. The Morgan fingerprint density at radius 1 is 1.00 bits per heavy atom. The fourth-order valence-electron chi connectivity index (χ4n) is 3.78. The van der Waals surface area contributed by atoms with Gasteiger partial charge in [0, 0.05) is 29.7 Å². The number of carbonyl (C=O) groups excluding carboxylic acids is 2. The SMILES string of the molecule is CNC1[C@H]2C[C@@H]3C[C@@H](C[C@H]1C3=O)C2=O. The molecular weight excluding hydrogens is 178 g/mol. The fourth-order valence-corrected chi connectivity index (χ4v) is 3.78. The van der Waals surface area contributed by atoms with E-state index in [1.807, 2.05) is 7.05 Å². The van der Waals surface area contributed by atoms with Crippen molar-refractivity contribution in [2.24, 2.45) is 23.7 Å². The largest absolute Gasteiger partial charge is 0.316 e. The number of Topliss-reactive ketones (excluding diaryl/α,β-unsaturated/α-hetero) is 2. The highest BCUT2D eigenvalue weighted by atomic mass is 16.1. The van der Waals surface area contributed by atoms with Crippen molar-refractivity contribution in [2.75, 3.05) is 7.05 Å². The van der Waals surface area contributed by atoms with Crippen LogP contribution in [0.2, 0.25) is 0 Å². The molecule has 0 aromatic heterocycles. The van der Waals surface area contributed by atoms with Crippen molar-refractivity contribution in [3.8, 4) is 0 Å². The molecule has 0 spiro atoms. The van der Waals surface area contributed by atoms with E-state index in [1.165, 1.54) is 0 Å². The zero-order valence-electron chi connectivity index (χ0n) is 8.32. The summed E-state index contributed by atoms with van der Waals surface area (Å²) in [5.41, 5.74) is 0. The quantitative estimate of drug-likeness (QED) is 0.655. The number of nitrogens with one attached hydrogen (secondary N) is 1. The number of rotatable bonds is 1. The lowest BCUT2D eigenvalue weighted by Crippen LogP contribution is -2.62. The third-order valence-corrected chi connectivity index (χ3v) is 4.38. The van der Waals surface area contributed by atoms with Gasteiger partial charge in [-0.25, -0.2) is 0 Å². The van der Waals surface area contributed by atoms with Crippen LogP contribution < -0.4 is 5.32 Å². The van der Waals surface area contributed by atoms with Crippen LogP contribution in [0.4, 0.5) is 0 Å². The van der Waals surface area contributed by atoms with Crippen LogP contribution in [0.25, 0.3) is 0 Å². The maximum atomic E-state index is 11.9. The van der Waals surface area contributed by atoms with Gasteiger partial charge in [0.05, 0.1) is 0 Å². The molecule has 0 radical (unpaired) electrons. The molecule has 14 heavy (non-hydrogen) atoms. The molecule has 0 heterocycles. The van der Waals surface area contributed by atoms with Crippen LogP contribution in [0, 0.1) is 23.7 Å². The van der Waals surface area contributed by atoms with E-state index in [2.05, 4.69) is 5.32 Å². The van der Waals surface area contributed by atoms with E-state index in [4.69, 9.17) is 0 Å². The number of ketones is 2. The van der Waals surface area contributed by atoms with Gasteiger partial charge in [-0.15, -0.1) is 0 Å². The van der Waals surface area contributed by atoms with Gasteiger partial charge in [-0.1, -0.05) is 0 Å². The molecule has 0 aliphatic heterocycles. The summed E-state index contributed by atoms with van der Waals surface area (Å²) < 4.78 is 0. The highest BCUT2D eigenvalue weighted by Gasteiger charge is 2.56. The molecular formula is C11H15NO2. The van der Waals surface area contributed by atoms with Crippen molar-refractivity contribution in [1.82, 2.24) is 5.32 Å². The predicted octanol–water partition coefficient (Wildman–Crippen LogP) is 0.388. The number of hydrogen-bond acceptors (Lipinski definition) is 3. The van der Waals surface area contributed by atoms with Crippen LogP contribution in [-0.2, 0) is 9.59 Å². The molecule has 4 bridgehead atoms. The molecule has 4 aliphatic carbocycles. The Bertz CT molecular complexity index is 284. The molecule has 4 saturated carbocycles. The van der Waals surface area contributed by atoms with E-state index in [9.17, 15) is 9.59 Å². The molecule has 0 unspecified atom stereocenters. The Hall–Kier alpha value is -0.700. The van der Waals surface area contributed by atoms with E-state index in [1.54, 1.807) is 0 Å². The van der Waals surface area contributed by atoms with E-state index >= 15 is 0 Å². The summed E-state index contributed by atoms with van der Waals surface area (Å²) in [5.74, 6) is 1.55. The molecule has 0 aromatic carbocycles. The number of hydrogen-bond donors (Lipinski definition) is 1. The second kappa shape index (κ2) is 2.66. The van der Waals surface area contributed by atoms with E-state index < -0.39 is 0 Å². The summed E-state index contributed by atoms with van der Waals surface area (Å²) in [6, 6.07) is 0.141. The van der Waals surface area contributed by atoms with Crippen LogP contribution in [0.15, 0.2) is 0 Å². The van der Waals surface area contributed by atoms with Crippen LogP contribution in [0.5, 0.6) is 0 Å². The van der Waals surface area contributed by atoms with Crippen molar-refractivity contribution in [3.63, 3.8) is 0 Å².